The Bertz CT molecular complexity index is 149. The maximum atomic E-state index is 10.4. The molecule has 1 heterocycles. The Labute approximate surface area is 66.7 Å². The highest BCUT2D eigenvalue weighted by molar-refractivity contribution is 5.60. The quantitative estimate of drug-likeness (QED) is 0.518. The third-order valence-corrected chi connectivity index (χ3v) is 2.14. The molecule has 0 spiro atoms. The van der Waals surface area contributed by atoms with Crippen molar-refractivity contribution in [3.8, 4) is 0 Å². The van der Waals surface area contributed by atoms with Crippen LogP contribution < -0.4 is 11.1 Å². The number of carbonyl (C=O) groups excluding carboxylic acids is 1. The first-order valence-corrected chi connectivity index (χ1v) is 3.99. The molecule has 1 fully saturated rings. The third kappa shape index (κ3) is 2.86. The van der Waals surface area contributed by atoms with Crippen LogP contribution in [0.4, 0.5) is 4.79 Å². The lowest BCUT2D eigenvalue weighted by molar-refractivity contribution is -0.560. The Balaban J connectivity index is 2.13. The normalized spacial score (nSPS) is 25.7. The van der Waals surface area contributed by atoms with Crippen LogP contribution in [0.25, 0.3) is 0 Å². The van der Waals surface area contributed by atoms with Crippen LogP contribution in [0.2, 0.25) is 0 Å². The molecule has 4 heteroatoms. The van der Waals surface area contributed by atoms with Gasteiger partial charge in [0.05, 0.1) is 6.54 Å². The summed E-state index contributed by atoms with van der Waals surface area (Å²) in [6.07, 6.45) is 1.19. The van der Waals surface area contributed by atoms with Gasteiger partial charge in [0.25, 0.3) is 0 Å². The zero-order chi connectivity index (χ0) is 8.27. The van der Waals surface area contributed by atoms with E-state index in [-0.39, 0.29) is 6.03 Å². The van der Waals surface area contributed by atoms with Crippen molar-refractivity contribution in [3.63, 3.8) is 0 Å². The number of nitrogens with two attached hydrogens (primary N) is 2. The Morgan fingerprint density at radius 2 is 2.55 bits per heavy atom. The first-order valence-electron chi connectivity index (χ1n) is 3.99. The van der Waals surface area contributed by atoms with E-state index in [9.17, 15) is 4.79 Å². The number of quaternary nitrogens is 1. The highest BCUT2D eigenvalue weighted by atomic mass is 16.2. The van der Waals surface area contributed by atoms with Crippen LogP contribution in [0.15, 0.2) is 0 Å². The van der Waals surface area contributed by atoms with E-state index in [1.165, 1.54) is 6.42 Å². The molecule has 1 atom stereocenters. The average Bonchev–Trinajstić information content (AvgIpc) is 2.31. The van der Waals surface area contributed by atoms with Gasteiger partial charge < -0.3 is 10.6 Å². The molecular weight excluding hydrogens is 142 g/mol. The summed E-state index contributed by atoms with van der Waals surface area (Å²) in [6, 6.07) is -0.292. The van der Waals surface area contributed by atoms with Gasteiger partial charge in [0.2, 0.25) is 0 Å². The summed E-state index contributed by atoms with van der Waals surface area (Å²) in [7, 11) is 2.10. The van der Waals surface area contributed by atoms with E-state index in [1.54, 1.807) is 5.32 Å². The molecular formula is C7H16N3O+. The molecule has 0 aromatic heterocycles. The Kier molecular flexibility index (Phi) is 2.84. The first-order chi connectivity index (χ1) is 5.18. The van der Waals surface area contributed by atoms with Gasteiger partial charge in [0, 0.05) is 12.5 Å². The summed E-state index contributed by atoms with van der Waals surface area (Å²) in [4.78, 5) is 12.7. The number of carbonyl (C=O) groups is 1. The fraction of sp³-hybridized carbons (Fsp3) is 0.857. The van der Waals surface area contributed by atoms with E-state index in [0.717, 1.165) is 19.6 Å². The fourth-order valence-corrected chi connectivity index (χ4v) is 1.50. The van der Waals surface area contributed by atoms with Crippen molar-refractivity contribution in [1.82, 2.24) is 4.90 Å². The van der Waals surface area contributed by atoms with Crippen LogP contribution >= 0.6 is 0 Å². The third-order valence-electron chi connectivity index (χ3n) is 2.14. The smallest absolute Gasteiger partial charge is 0.319 e. The number of hydrogen-bond acceptors (Lipinski definition) is 2. The number of rotatable bonds is 2. The molecule has 1 unspecified atom stereocenters. The number of primary amides is 2. The minimum Gasteiger partial charge on any atom is -0.319 e. The van der Waals surface area contributed by atoms with Gasteiger partial charge in [0.1, 0.15) is 0 Å². The van der Waals surface area contributed by atoms with Crippen molar-refractivity contribution in [2.24, 2.45) is 11.7 Å². The lowest BCUT2D eigenvalue weighted by Crippen LogP contribution is -2.91. The molecule has 11 heavy (non-hydrogen) atoms. The predicted octanol–water partition coefficient (Wildman–Crippen LogP) is -1.42. The van der Waals surface area contributed by atoms with Crippen molar-refractivity contribution >= 4 is 6.03 Å². The number of hydrogen-bond donors (Lipinski definition) is 2. The van der Waals surface area contributed by atoms with Crippen molar-refractivity contribution in [2.75, 3.05) is 26.7 Å². The van der Waals surface area contributed by atoms with E-state index in [1.807, 2.05) is 0 Å². The van der Waals surface area contributed by atoms with Crippen LogP contribution in [0, 0.1) is 5.92 Å². The van der Waals surface area contributed by atoms with E-state index < -0.39 is 0 Å². The lowest BCUT2D eigenvalue weighted by atomic mass is 10.1. The van der Waals surface area contributed by atoms with Gasteiger partial charge in [0.15, 0.2) is 0 Å². The number of urea groups is 1. The van der Waals surface area contributed by atoms with Gasteiger partial charge in [-0.25, -0.2) is 4.79 Å². The van der Waals surface area contributed by atoms with E-state index in [0.29, 0.717) is 5.92 Å². The number of likely N-dealkylation sites (tertiary alicyclic amines) is 1. The van der Waals surface area contributed by atoms with Crippen LogP contribution in [-0.2, 0) is 0 Å². The molecule has 0 radical (unpaired) electrons. The number of nitrogens with zero attached hydrogens (tertiary/aromatic N) is 1. The highest BCUT2D eigenvalue weighted by Crippen LogP contribution is 2.11. The van der Waals surface area contributed by atoms with Gasteiger partial charge in [-0.2, -0.15) is 0 Å². The summed E-state index contributed by atoms with van der Waals surface area (Å²) in [6.45, 7) is 3.10. The summed E-state index contributed by atoms with van der Waals surface area (Å²) < 4.78 is 0. The Hall–Kier alpha value is -0.610. The van der Waals surface area contributed by atoms with E-state index in [2.05, 4.69) is 11.9 Å². The lowest BCUT2D eigenvalue weighted by Gasteiger charge is -2.06. The molecule has 0 saturated carbocycles. The monoisotopic (exact) mass is 158 g/mol. The predicted molar refractivity (Wildman–Crippen MR) is 42.0 cm³/mol. The van der Waals surface area contributed by atoms with Crippen LogP contribution in [0.1, 0.15) is 6.42 Å². The second kappa shape index (κ2) is 3.69. The maximum Gasteiger partial charge on any atom is 0.410 e. The summed E-state index contributed by atoms with van der Waals surface area (Å²) in [5, 5.41) is 1.59. The molecule has 2 amide bonds. The van der Waals surface area contributed by atoms with Gasteiger partial charge >= 0.3 is 6.03 Å². The summed E-state index contributed by atoms with van der Waals surface area (Å²) in [5.74, 6) is 0.646. The Morgan fingerprint density at radius 3 is 3.00 bits per heavy atom. The largest absolute Gasteiger partial charge is 0.410 e. The van der Waals surface area contributed by atoms with Gasteiger partial charge in [-0.3, -0.25) is 5.32 Å². The summed E-state index contributed by atoms with van der Waals surface area (Å²) >= 11 is 0. The van der Waals surface area contributed by atoms with Crippen molar-refractivity contribution in [2.45, 2.75) is 6.42 Å². The van der Waals surface area contributed by atoms with Crippen molar-refractivity contribution in [1.29, 1.82) is 0 Å². The molecule has 64 valence electrons. The van der Waals surface area contributed by atoms with E-state index >= 15 is 0 Å². The standard InChI is InChI=1S/C7H15N3O/c1-10-3-2-6(5-10)4-9-7(8)11/h6H,2-5H2,1H3,(H3,8,9,11)/p+1. The molecule has 0 aromatic carbocycles. The molecule has 1 saturated heterocycles. The molecule has 4 nitrogen and oxygen atoms in total. The molecule has 0 bridgehead atoms. The number of amides is 2. The topological polar surface area (TPSA) is 62.9 Å². The maximum absolute atomic E-state index is 10.4. The molecule has 0 aromatic rings. The molecule has 1 aliphatic heterocycles. The fourth-order valence-electron chi connectivity index (χ4n) is 1.50. The Morgan fingerprint density at radius 1 is 1.82 bits per heavy atom. The van der Waals surface area contributed by atoms with Gasteiger partial charge in [-0.05, 0) is 20.0 Å². The van der Waals surface area contributed by atoms with Gasteiger partial charge in [-0.1, -0.05) is 0 Å². The molecule has 4 N–H and O–H groups in total. The second-order valence-corrected chi connectivity index (χ2v) is 3.26. The van der Waals surface area contributed by atoms with Crippen molar-refractivity contribution in [3.05, 3.63) is 0 Å². The van der Waals surface area contributed by atoms with Crippen LogP contribution in [-0.4, -0.2) is 37.6 Å². The average molecular weight is 158 g/mol. The van der Waals surface area contributed by atoms with Gasteiger partial charge in [-0.15, -0.1) is 0 Å². The van der Waals surface area contributed by atoms with Crippen LogP contribution in [0.3, 0.4) is 0 Å². The zero-order valence-electron chi connectivity index (χ0n) is 6.92. The molecule has 0 aliphatic carbocycles. The minimum absolute atomic E-state index is 0.292. The first kappa shape index (κ1) is 8.49. The SMILES string of the molecule is CN1CCC(C[NH2+]C(N)=O)C1. The minimum atomic E-state index is -0.292. The highest BCUT2D eigenvalue weighted by Gasteiger charge is 2.21. The second-order valence-electron chi connectivity index (χ2n) is 3.26. The van der Waals surface area contributed by atoms with Crippen molar-refractivity contribution < 1.29 is 10.1 Å². The molecule has 1 rings (SSSR count). The zero-order valence-corrected chi connectivity index (χ0v) is 6.92. The molecule has 1 aliphatic rings. The summed E-state index contributed by atoms with van der Waals surface area (Å²) in [5.41, 5.74) is 5.00. The van der Waals surface area contributed by atoms with E-state index in [4.69, 9.17) is 5.73 Å². The van der Waals surface area contributed by atoms with Crippen LogP contribution in [0.5, 0.6) is 0 Å².